The van der Waals surface area contributed by atoms with E-state index in [0.717, 1.165) is 10.9 Å². The average Bonchev–Trinajstić information content (AvgIpc) is 3.14. The lowest BCUT2D eigenvalue weighted by molar-refractivity contribution is 0.101. The molecule has 6 nitrogen and oxygen atoms in total. The summed E-state index contributed by atoms with van der Waals surface area (Å²) in [5.41, 5.74) is 2.67. The maximum absolute atomic E-state index is 13.1. The Morgan fingerprint density at radius 1 is 0.875 bits per heavy atom. The molecule has 0 bridgehead atoms. The number of furan rings is 1. The van der Waals surface area contributed by atoms with Crippen molar-refractivity contribution in [1.82, 2.24) is 0 Å². The van der Waals surface area contributed by atoms with Crippen LogP contribution in [0.1, 0.15) is 32.0 Å². The number of ketones is 1. The van der Waals surface area contributed by atoms with Crippen molar-refractivity contribution >= 4 is 39.9 Å². The monoisotopic (exact) mass is 449 g/mol. The molecule has 0 spiro atoms. The van der Waals surface area contributed by atoms with E-state index in [0.29, 0.717) is 38.9 Å². The Labute approximate surface area is 189 Å². The van der Waals surface area contributed by atoms with Gasteiger partial charge in [-0.2, -0.15) is 0 Å². The molecule has 0 aliphatic rings. The summed E-state index contributed by atoms with van der Waals surface area (Å²) in [5, 5.41) is 4.18. The maximum atomic E-state index is 13.1. The highest BCUT2D eigenvalue weighted by Crippen LogP contribution is 2.32. The van der Waals surface area contributed by atoms with Crippen LogP contribution in [0.2, 0.25) is 5.02 Å². The molecule has 0 fully saturated rings. The van der Waals surface area contributed by atoms with E-state index in [1.807, 2.05) is 13.0 Å². The second-order valence-corrected chi connectivity index (χ2v) is 7.56. The summed E-state index contributed by atoms with van der Waals surface area (Å²) < 4.78 is 16.4. The smallest absolute Gasteiger partial charge is 0.255 e. The van der Waals surface area contributed by atoms with Gasteiger partial charge in [-0.25, -0.2) is 0 Å². The molecule has 4 aromatic rings. The van der Waals surface area contributed by atoms with Gasteiger partial charge in [-0.15, -0.1) is 0 Å². The third-order valence-corrected chi connectivity index (χ3v) is 5.41. The van der Waals surface area contributed by atoms with Gasteiger partial charge in [0.05, 0.1) is 14.2 Å². The Bertz CT molecular complexity index is 1320. The second kappa shape index (κ2) is 8.77. The molecule has 1 heterocycles. The molecule has 7 heteroatoms. The minimum atomic E-state index is -0.272. The SMILES string of the molecule is COc1ccc(C(=O)c2oc3cc(NC(=O)c4ccc(Cl)cc4)ccc3c2C)cc1OC. The van der Waals surface area contributed by atoms with Crippen LogP contribution in [0.4, 0.5) is 5.69 Å². The molecular weight excluding hydrogens is 430 g/mol. The molecule has 0 atom stereocenters. The van der Waals surface area contributed by atoms with Gasteiger partial charge < -0.3 is 19.2 Å². The number of amides is 1. The van der Waals surface area contributed by atoms with Gasteiger partial charge in [-0.05, 0) is 61.5 Å². The first kappa shape index (κ1) is 21.5. The van der Waals surface area contributed by atoms with Crippen molar-refractivity contribution < 1.29 is 23.5 Å². The summed E-state index contributed by atoms with van der Waals surface area (Å²) in [6, 6.07) is 16.8. The molecule has 32 heavy (non-hydrogen) atoms. The Hall–Kier alpha value is -3.77. The van der Waals surface area contributed by atoms with Gasteiger partial charge in [0.15, 0.2) is 17.3 Å². The number of rotatable bonds is 6. The average molecular weight is 450 g/mol. The van der Waals surface area contributed by atoms with Crippen molar-refractivity contribution in [1.29, 1.82) is 0 Å². The second-order valence-electron chi connectivity index (χ2n) is 7.13. The van der Waals surface area contributed by atoms with E-state index in [-0.39, 0.29) is 17.5 Å². The number of nitrogens with one attached hydrogen (secondary N) is 1. The number of carbonyl (C=O) groups excluding carboxylic acids is 2. The molecule has 0 saturated carbocycles. The van der Waals surface area contributed by atoms with Crippen molar-refractivity contribution in [2.24, 2.45) is 0 Å². The van der Waals surface area contributed by atoms with Crippen LogP contribution >= 0.6 is 11.6 Å². The van der Waals surface area contributed by atoms with E-state index >= 15 is 0 Å². The van der Waals surface area contributed by atoms with Gasteiger partial charge in [0.1, 0.15) is 5.58 Å². The Balaban J connectivity index is 1.63. The molecule has 0 aliphatic heterocycles. The number of hydrogen-bond acceptors (Lipinski definition) is 5. The van der Waals surface area contributed by atoms with Gasteiger partial charge in [-0.1, -0.05) is 11.6 Å². The highest BCUT2D eigenvalue weighted by atomic mass is 35.5. The van der Waals surface area contributed by atoms with Crippen molar-refractivity contribution in [3.8, 4) is 11.5 Å². The number of aryl methyl sites for hydroxylation is 1. The zero-order chi connectivity index (χ0) is 22.8. The highest BCUT2D eigenvalue weighted by molar-refractivity contribution is 6.30. The molecule has 0 saturated heterocycles. The van der Waals surface area contributed by atoms with Crippen LogP contribution in [0.3, 0.4) is 0 Å². The van der Waals surface area contributed by atoms with Crippen LogP contribution in [0.25, 0.3) is 11.0 Å². The summed E-state index contributed by atoms with van der Waals surface area (Å²) in [6.07, 6.45) is 0. The van der Waals surface area contributed by atoms with Crippen molar-refractivity contribution in [3.05, 3.63) is 88.1 Å². The number of carbonyl (C=O) groups is 2. The van der Waals surface area contributed by atoms with Crippen molar-refractivity contribution in [2.45, 2.75) is 6.92 Å². The Morgan fingerprint density at radius 3 is 2.25 bits per heavy atom. The summed E-state index contributed by atoms with van der Waals surface area (Å²) in [5.74, 6) is 0.677. The summed E-state index contributed by atoms with van der Waals surface area (Å²) in [4.78, 5) is 25.6. The minimum absolute atomic E-state index is 0.230. The number of ether oxygens (including phenoxy) is 2. The number of methoxy groups -OCH3 is 2. The van der Waals surface area contributed by atoms with E-state index in [9.17, 15) is 9.59 Å². The predicted octanol–water partition coefficient (Wildman–Crippen LogP) is 5.90. The first-order valence-electron chi connectivity index (χ1n) is 9.78. The first-order valence-corrected chi connectivity index (χ1v) is 10.2. The fourth-order valence-electron chi connectivity index (χ4n) is 3.43. The van der Waals surface area contributed by atoms with Gasteiger partial charge in [-0.3, -0.25) is 9.59 Å². The zero-order valence-corrected chi connectivity index (χ0v) is 18.4. The number of halogens is 1. The predicted molar refractivity (Wildman–Crippen MR) is 123 cm³/mol. The van der Waals surface area contributed by atoms with Crippen LogP contribution in [0, 0.1) is 6.92 Å². The van der Waals surface area contributed by atoms with E-state index in [2.05, 4.69) is 5.32 Å². The van der Waals surface area contributed by atoms with Gasteiger partial charge in [0.25, 0.3) is 5.91 Å². The molecule has 1 N–H and O–H groups in total. The molecule has 162 valence electrons. The number of benzene rings is 3. The lowest BCUT2D eigenvalue weighted by Gasteiger charge is -2.08. The van der Waals surface area contributed by atoms with Crippen LogP contribution in [0.15, 0.2) is 65.1 Å². The maximum Gasteiger partial charge on any atom is 0.255 e. The Morgan fingerprint density at radius 2 is 1.56 bits per heavy atom. The van der Waals surface area contributed by atoms with E-state index < -0.39 is 0 Å². The quantitative estimate of drug-likeness (QED) is 0.371. The van der Waals surface area contributed by atoms with E-state index in [1.165, 1.54) is 14.2 Å². The highest BCUT2D eigenvalue weighted by Gasteiger charge is 2.21. The van der Waals surface area contributed by atoms with Crippen LogP contribution in [-0.2, 0) is 0 Å². The lowest BCUT2D eigenvalue weighted by atomic mass is 10.0. The van der Waals surface area contributed by atoms with Crippen LogP contribution < -0.4 is 14.8 Å². The minimum Gasteiger partial charge on any atom is -0.493 e. The normalized spacial score (nSPS) is 10.8. The molecule has 3 aromatic carbocycles. The third-order valence-electron chi connectivity index (χ3n) is 5.15. The van der Waals surface area contributed by atoms with Crippen molar-refractivity contribution in [2.75, 3.05) is 19.5 Å². The molecule has 0 unspecified atom stereocenters. The molecule has 1 amide bonds. The zero-order valence-electron chi connectivity index (χ0n) is 17.7. The molecule has 1 aromatic heterocycles. The van der Waals surface area contributed by atoms with Crippen molar-refractivity contribution in [3.63, 3.8) is 0 Å². The molecule has 0 radical (unpaired) electrons. The summed E-state index contributed by atoms with van der Waals surface area (Å²) >= 11 is 5.88. The Kier molecular flexibility index (Phi) is 5.88. The van der Waals surface area contributed by atoms with Gasteiger partial charge >= 0.3 is 0 Å². The van der Waals surface area contributed by atoms with Gasteiger partial charge in [0.2, 0.25) is 5.78 Å². The van der Waals surface area contributed by atoms with Crippen LogP contribution in [0.5, 0.6) is 11.5 Å². The molecule has 0 aliphatic carbocycles. The number of hydrogen-bond donors (Lipinski definition) is 1. The number of anilines is 1. The fourth-order valence-corrected chi connectivity index (χ4v) is 3.56. The summed E-state index contributed by atoms with van der Waals surface area (Å²) in [6.45, 7) is 1.83. The number of fused-ring (bicyclic) bond motifs is 1. The van der Waals surface area contributed by atoms with E-state index in [4.69, 9.17) is 25.5 Å². The summed E-state index contributed by atoms with van der Waals surface area (Å²) in [7, 11) is 3.05. The first-order chi connectivity index (χ1) is 15.4. The van der Waals surface area contributed by atoms with E-state index in [1.54, 1.807) is 54.6 Å². The third kappa shape index (κ3) is 4.05. The fraction of sp³-hybridized carbons (Fsp3) is 0.120. The lowest BCUT2D eigenvalue weighted by Crippen LogP contribution is -2.11. The standard InChI is InChI=1S/C25H20ClNO5/c1-14-19-10-9-18(27-25(29)15-4-7-17(26)8-5-15)13-21(19)32-24(14)23(28)16-6-11-20(30-2)22(12-16)31-3/h4-13H,1-3H3,(H,27,29). The van der Waals surface area contributed by atoms with Crippen LogP contribution in [-0.4, -0.2) is 25.9 Å². The van der Waals surface area contributed by atoms with Gasteiger partial charge in [0, 0.05) is 38.9 Å². The largest absolute Gasteiger partial charge is 0.493 e. The molecular formula is C25H20ClNO5. The molecule has 4 rings (SSSR count). The topological polar surface area (TPSA) is 77.8 Å².